The molecule has 1 N–H and O–H groups in total. The number of piperidine rings is 1. The summed E-state index contributed by atoms with van der Waals surface area (Å²) in [5, 5.41) is 11.1. The molecule has 0 radical (unpaired) electrons. The smallest absolute Gasteiger partial charge is 0.163 e. The van der Waals surface area contributed by atoms with Crippen LogP contribution in [0.2, 0.25) is 0 Å². The van der Waals surface area contributed by atoms with Gasteiger partial charge in [-0.3, -0.25) is 9.59 Å². The Bertz CT molecular complexity index is 1410. The van der Waals surface area contributed by atoms with Crippen molar-refractivity contribution >= 4 is 23.0 Å². The summed E-state index contributed by atoms with van der Waals surface area (Å²) in [6.07, 6.45) is 7.48. The first-order valence-electron chi connectivity index (χ1n) is 13.6. The van der Waals surface area contributed by atoms with Gasteiger partial charge in [0.15, 0.2) is 12.1 Å². The Morgan fingerprint density at radius 1 is 0.895 bits per heavy atom. The van der Waals surface area contributed by atoms with Gasteiger partial charge >= 0.3 is 0 Å². The van der Waals surface area contributed by atoms with Crippen LogP contribution in [0.25, 0.3) is 10.9 Å². The molecule has 2 aliphatic rings. The molecule has 6 rings (SSSR count). The summed E-state index contributed by atoms with van der Waals surface area (Å²) in [5.41, 5.74) is 4.95. The number of phenolic OH excluding ortho intramolecular Hbond substituents is 1. The summed E-state index contributed by atoms with van der Waals surface area (Å²) in [7, 11) is 0. The Hall–Kier alpha value is -3.70. The first-order chi connectivity index (χ1) is 18.5. The fourth-order valence-corrected chi connectivity index (χ4v) is 6.09. The van der Waals surface area contributed by atoms with Crippen molar-refractivity contribution in [1.82, 2.24) is 9.47 Å². The van der Waals surface area contributed by atoms with Gasteiger partial charge in [0, 0.05) is 35.7 Å². The average molecular weight is 509 g/mol. The Morgan fingerprint density at radius 2 is 1.63 bits per heavy atom. The van der Waals surface area contributed by atoms with Crippen LogP contribution >= 0.6 is 0 Å². The van der Waals surface area contributed by atoms with Gasteiger partial charge in [-0.05, 0) is 69.3 Å². The Morgan fingerprint density at radius 3 is 2.34 bits per heavy atom. The van der Waals surface area contributed by atoms with Gasteiger partial charge in [0.25, 0.3) is 0 Å². The van der Waals surface area contributed by atoms with Crippen molar-refractivity contribution in [1.29, 1.82) is 0 Å². The zero-order valence-corrected chi connectivity index (χ0v) is 22.1. The second-order valence-electron chi connectivity index (χ2n) is 10.9. The first-order valence-corrected chi connectivity index (χ1v) is 13.6. The monoisotopic (exact) mass is 508 g/mol. The average Bonchev–Trinajstić information content (AvgIpc) is 3.30. The maximum Gasteiger partial charge on any atom is 0.163 e. The summed E-state index contributed by atoms with van der Waals surface area (Å²) in [5.74, 6) is 0.522. The number of aromatic nitrogens is 1. The predicted octanol–water partition coefficient (Wildman–Crippen LogP) is 6.46. The number of carbonyl (C=O) groups excluding carboxylic acids is 2. The molecule has 38 heavy (non-hydrogen) atoms. The zero-order chi connectivity index (χ0) is 26.5. The Balaban J connectivity index is 0.000000366. The minimum atomic E-state index is 0.128. The number of carbonyl (C=O) groups is 2. The van der Waals surface area contributed by atoms with Crippen LogP contribution in [0.5, 0.6) is 5.75 Å². The number of aldehydes is 1. The number of fused-ring (bicyclic) bond motifs is 2. The number of hydrogen-bond donors (Lipinski definition) is 1. The van der Waals surface area contributed by atoms with Gasteiger partial charge in [0.2, 0.25) is 0 Å². The van der Waals surface area contributed by atoms with Crippen LogP contribution in [0.3, 0.4) is 0 Å². The van der Waals surface area contributed by atoms with Crippen LogP contribution in [0, 0.1) is 12.3 Å². The quantitative estimate of drug-likeness (QED) is 0.315. The van der Waals surface area contributed by atoms with E-state index in [-0.39, 0.29) is 11.2 Å². The number of ketones is 1. The van der Waals surface area contributed by atoms with Crippen LogP contribution in [-0.2, 0) is 13.0 Å². The molecule has 2 heterocycles. The number of aromatic hydroxyl groups is 1. The molecule has 1 aromatic heterocycles. The number of likely N-dealkylation sites (tertiary alicyclic amines) is 1. The highest BCUT2D eigenvalue weighted by Crippen LogP contribution is 2.43. The van der Waals surface area contributed by atoms with E-state index in [1.165, 1.54) is 11.1 Å². The molecule has 4 aromatic rings. The molecule has 0 unspecified atom stereocenters. The van der Waals surface area contributed by atoms with E-state index in [2.05, 4.69) is 30.0 Å². The standard InChI is InChI=1S/C26H28N2O3.C7H8/c29-18-20-17-28(25-22(20)7-3-8-23(25)30)12-4-11-27-13-9-26(10-14-27)15-19-5-1-2-6-21(19)24(31)16-26;1-7-5-3-2-4-6-7/h1-3,5-8,17-18,30H,4,9-16H2;2-6H,1H3. The Kier molecular flexibility index (Phi) is 7.75. The van der Waals surface area contributed by atoms with Gasteiger partial charge in [-0.1, -0.05) is 72.3 Å². The fourth-order valence-electron chi connectivity index (χ4n) is 6.09. The van der Waals surface area contributed by atoms with E-state index < -0.39 is 0 Å². The van der Waals surface area contributed by atoms with Crippen molar-refractivity contribution < 1.29 is 14.7 Å². The summed E-state index contributed by atoms with van der Waals surface area (Å²) in [6, 6.07) is 23.7. The van der Waals surface area contributed by atoms with E-state index in [1.807, 2.05) is 53.2 Å². The van der Waals surface area contributed by atoms with Crippen molar-refractivity contribution in [2.45, 2.75) is 45.6 Å². The van der Waals surface area contributed by atoms with Crippen molar-refractivity contribution in [2.24, 2.45) is 5.41 Å². The van der Waals surface area contributed by atoms with Crippen molar-refractivity contribution in [3.05, 3.63) is 101 Å². The maximum atomic E-state index is 12.7. The molecular weight excluding hydrogens is 472 g/mol. The third-order valence-corrected chi connectivity index (χ3v) is 8.18. The van der Waals surface area contributed by atoms with Gasteiger partial charge in [-0.15, -0.1) is 0 Å². The van der Waals surface area contributed by atoms with Crippen LogP contribution in [0.4, 0.5) is 0 Å². The second kappa shape index (κ2) is 11.4. The first kappa shape index (κ1) is 25.9. The topological polar surface area (TPSA) is 62.5 Å². The van der Waals surface area contributed by atoms with E-state index >= 15 is 0 Å². The number of para-hydroxylation sites is 1. The van der Waals surface area contributed by atoms with Gasteiger partial charge in [-0.2, -0.15) is 0 Å². The number of phenols is 1. The van der Waals surface area contributed by atoms with E-state index in [0.717, 1.165) is 74.6 Å². The highest BCUT2D eigenvalue weighted by Gasteiger charge is 2.40. The molecule has 1 fully saturated rings. The van der Waals surface area contributed by atoms with Crippen LogP contribution < -0.4 is 0 Å². The fraction of sp³-hybridized carbons (Fsp3) is 0.333. The second-order valence-corrected chi connectivity index (χ2v) is 10.9. The normalized spacial score (nSPS) is 16.6. The molecule has 1 aliphatic carbocycles. The molecule has 0 amide bonds. The molecular formula is C33H36N2O3. The molecule has 1 spiro atoms. The molecule has 196 valence electrons. The molecule has 1 aliphatic heterocycles. The molecule has 3 aromatic carbocycles. The van der Waals surface area contributed by atoms with Crippen LogP contribution in [-0.4, -0.2) is 46.3 Å². The number of benzene rings is 3. The van der Waals surface area contributed by atoms with Crippen molar-refractivity contribution in [2.75, 3.05) is 19.6 Å². The number of nitrogens with zero attached hydrogens (tertiary/aromatic N) is 2. The van der Waals surface area contributed by atoms with Crippen molar-refractivity contribution in [3.8, 4) is 5.75 Å². The lowest BCUT2D eigenvalue weighted by Crippen LogP contribution is -2.44. The van der Waals surface area contributed by atoms with Gasteiger partial charge in [0.1, 0.15) is 5.75 Å². The van der Waals surface area contributed by atoms with E-state index in [4.69, 9.17) is 0 Å². The SMILES string of the molecule is Cc1ccccc1.O=Cc1cn(CCCN2CCC3(CC2)CC(=O)c2ccccc2C3)c2c(O)cccc12. The van der Waals surface area contributed by atoms with Gasteiger partial charge < -0.3 is 14.6 Å². The van der Waals surface area contributed by atoms with E-state index in [9.17, 15) is 14.7 Å². The van der Waals surface area contributed by atoms with Crippen LogP contribution in [0.1, 0.15) is 57.5 Å². The third-order valence-electron chi connectivity index (χ3n) is 8.18. The van der Waals surface area contributed by atoms with E-state index in [1.54, 1.807) is 12.1 Å². The van der Waals surface area contributed by atoms with Gasteiger partial charge in [0.05, 0.1) is 5.52 Å². The van der Waals surface area contributed by atoms with Crippen LogP contribution in [0.15, 0.2) is 79.0 Å². The summed E-state index contributed by atoms with van der Waals surface area (Å²) >= 11 is 0. The lowest BCUT2D eigenvalue weighted by atomic mass is 9.66. The maximum absolute atomic E-state index is 12.7. The number of hydrogen-bond acceptors (Lipinski definition) is 4. The molecule has 0 bridgehead atoms. The predicted molar refractivity (Wildman–Crippen MR) is 152 cm³/mol. The molecule has 5 nitrogen and oxygen atoms in total. The lowest BCUT2D eigenvalue weighted by Gasteiger charge is -2.44. The largest absolute Gasteiger partial charge is 0.506 e. The van der Waals surface area contributed by atoms with Crippen molar-refractivity contribution in [3.63, 3.8) is 0 Å². The molecule has 0 saturated carbocycles. The summed E-state index contributed by atoms with van der Waals surface area (Å²) in [6.45, 7) is 5.86. The number of rotatable bonds is 5. The highest BCUT2D eigenvalue weighted by atomic mass is 16.3. The number of Topliss-reactive ketones (excluding diaryl/α,β-unsaturated/α-hetero) is 1. The minimum Gasteiger partial charge on any atom is -0.506 e. The highest BCUT2D eigenvalue weighted by molar-refractivity contribution is 6.00. The molecule has 5 heteroatoms. The van der Waals surface area contributed by atoms with E-state index in [0.29, 0.717) is 17.8 Å². The summed E-state index contributed by atoms with van der Waals surface area (Å²) < 4.78 is 2.00. The molecule has 1 saturated heterocycles. The van der Waals surface area contributed by atoms with Gasteiger partial charge in [-0.25, -0.2) is 0 Å². The minimum absolute atomic E-state index is 0.128. The molecule has 0 atom stereocenters. The zero-order valence-electron chi connectivity index (χ0n) is 22.1. The third kappa shape index (κ3) is 5.58. The lowest BCUT2D eigenvalue weighted by molar-refractivity contribution is 0.0672. The number of aryl methyl sites for hydroxylation is 2. The Labute approximate surface area is 224 Å². The summed E-state index contributed by atoms with van der Waals surface area (Å²) in [4.78, 5) is 26.5.